The molecule has 1 aromatic carbocycles. The lowest BCUT2D eigenvalue weighted by Gasteiger charge is -2.24. The summed E-state index contributed by atoms with van der Waals surface area (Å²) < 4.78 is 5.12. The summed E-state index contributed by atoms with van der Waals surface area (Å²) in [6, 6.07) is 7.69. The summed E-state index contributed by atoms with van der Waals surface area (Å²) in [5.41, 5.74) is 0.139. The fourth-order valence-corrected chi connectivity index (χ4v) is 4.23. The first kappa shape index (κ1) is 20.1. The zero-order chi connectivity index (χ0) is 20.3. The smallest absolute Gasteiger partial charge is 0.313 e. The van der Waals surface area contributed by atoms with Gasteiger partial charge in [0.15, 0.2) is 0 Å². The van der Waals surface area contributed by atoms with Crippen molar-refractivity contribution in [1.29, 1.82) is 0 Å². The number of carboxylic acids is 1. The van der Waals surface area contributed by atoms with Gasteiger partial charge in [0.05, 0.1) is 13.7 Å². The van der Waals surface area contributed by atoms with Gasteiger partial charge < -0.3 is 20.1 Å². The second kappa shape index (κ2) is 8.18. The molecule has 152 valence electrons. The molecule has 2 saturated heterocycles. The Morgan fingerprint density at radius 1 is 1.21 bits per heavy atom. The van der Waals surface area contributed by atoms with Crippen LogP contribution in [0.3, 0.4) is 0 Å². The largest absolute Gasteiger partial charge is 0.497 e. The predicted molar refractivity (Wildman–Crippen MR) is 102 cm³/mol. The van der Waals surface area contributed by atoms with E-state index in [4.69, 9.17) is 4.74 Å². The minimum absolute atomic E-state index is 0.0992. The molecule has 8 nitrogen and oxygen atoms in total. The number of hydrogen-bond acceptors (Lipinski definition) is 5. The van der Waals surface area contributed by atoms with Crippen molar-refractivity contribution in [3.63, 3.8) is 0 Å². The van der Waals surface area contributed by atoms with E-state index in [9.17, 15) is 19.5 Å². The van der Waals surface area contributed by atoms with Crippen LogP contribution in [0.5, 0.6) is 5.75 Å². The number of fused-ring (bicyclic) bond motifs is 1. The monoisotopic (exact) mass is 389 g/mol. The maximum atomic E-state index is 12.3. The molecule has 2 heterocycles. The number of hydrogen-bond donors (Lipinski definition) is 2. The van der Waals surface area contributed by atoms with Gasteiger partial charge in [0.25, 0.3) is 0 Å². The van der Waals surface area contributed by atoms with Gasteiger partial charge in [-0.25, -0.2) is 0 Å². The Hall–Kier alpha value is -2.61. The molecule has 0 aromatic heterocycles. The first-order valence-electron chi connectivity index (χ1n) is 9.45. The maximum Gasteiger partial charge on any atom is 0.313 e. The molecule has 2 aliphatic rings. The number of carbonyl (C=O) groups excluding carboxylic acids is 2. The molecule has 2 aliphatic heterocycles. The molecule has 8 heteroatoms. The molecule has 2 N–H and O–H groups in total. The number of rotatable bonds is 7. The van der Waals surface area contributed by atoms with E-state index in [0.29, 0.717) is 32.6 Å². The van der Waals surface area contributed by atoms with Crippen LogP contribution in [0.2, 0.25) is 0 Å². The molecule has 0 spiro atoms. The van der Waals surface area contributed by atoms with Crippen molar-refractivity contribution in [2.75, 3.05) is 46.4 Å². The molecule has 2 amide bonds. The highest BCUT2D eigenvalue weighted by Gasteiger charge is 2.58. The Balaban J connectivity index is 1.47. The number of benzene rings is 1. The molecular weight excluding hydrogens is 362 g/mol. The first-order valence-corrected chi connectivity index (χ1v) is 9.45. The molecule has 0 bridgehead atoms. The van der Waals surface area contributed by atoms with Crippen LogP contribution < -0.4 is 10.1 Å². The van der Waals surface area contributed by atoms with Crippen molar-refractivity contribution >= 4 is 17.8 Å². The van der Waals surface area contributed by atoms with E-state index in [1.54, 1.807) is 12.0 Å². The van der Waals surface area contributed by atoms with Crippen LogP contribution in [0.15, 0.2) is 24.3 Å². The first-order chi connectivity index (χ1) is 13.3. The Labute approximate surface area is 164 Å². The third-order valence-electron chi connectivity index (χ3n) is 5.81. The normalized spacial score (nSPS) is 24.1. The van der Waals surface area contributed by atoms with E-state index < -0.39 is 11.4 Å². The Bertz CT molecular complexity index is 751. The molecule has 28 heavy (non-hydrogen) atoms. The molecule has 0 radical (unpaired) electrons. The lowest BCUT2D eigenvalue weighted by atomic mass is 9.81. The lowest BCUT2D eigenvalue weighted by molar-refractivity contribution is -0.149. The third-order valence-corrected chi connectivity index (χ3v) is 5.81. The minimum Gasteiger partial charge on any atom is -0.497 e. The van der Waals surface area contributed by atoms with Gasteiger partial charge in [0.2, 0.25) is 11.8 Å². The van der Waals surface area contributed by atoms with E-state index in [1.807, 2.05) is 29.2 Å². The summed E-state index contributed by atoms with van der Waals surface area (Å²) in [5.74, 6) is -0.442. The van der Waals surface area contributed by atoms with Crippen molar-refractivity contribution in [1.82, 2.24) is 15.1 Å². The number of carboxylic acid groups (broad SMARTS) is 1. The second-order valence-corrected chi connectivity index (χ2v) is 7.68. The number of aliphatic carboxylic acids is 1. The van der Waals surface area contributed by atoms with Crippen LogP contribution >= 0.6 is 0 Å². The summed E-state index contributed by atoms with van der Waals surface area (Å²) in [4.78, 5) is 39.3. The van der Waals surface area contributed by atoms with E-state index in [1.165, 1.54) is 6.92 Å². The highest BCUT2D eigenvalue weighted by Crippen LogP contribution is 2.42. The van der Waals surface area contributed by atoms with Crippen LogP contribution in [0.25, 0.3) is 0 Å². The highest BCUT2D eigenvalue weighted by atomic mass is 16.5. The van der Waals surface area contributed by atoms with Gasteiger partial charge in [-0.15, -0.1) is 0 Å². The van der Waals surface area contributed by atoms with Crippen molar-refractivity contribution < 1.29 is 24.2 Å². The number of nitrogens with one attached hydrogen (secondary N) is 1. The SMILES string of the molecule is COc1ccc(CCNC(=O)CN2C[C@@H]3CN(C(C)=O)C[C@]3(C(=O)O)C2)cc1. The van der Waals surface area contributed by atoms with E-state index >= 15 is 0 Å². The zero-order valence-corrected chi connectivity index (χ0v) is 16.3. The Kier molecular flexibility index (Phi) is 5.88. The van der Waals surface area contributed by atoms with Crippen molar-refractivity contribution in [3.05, 3.63) is 29.8 Å². The van der Waals surface area contributed by atoms with Gasteiger partial charge in [-0.3, -0.25) is 19.3 Å². The fraction of sp³-hybridized carbons (Fsp3) is 0.550. The fourth-order valence-electron chi connectivity index (χ4n) is 4.23. The molecule has 1 aromatic rings. The number of carbonyl (C=O) groups is 3. The van der Waals surface area contributed by atoms with Gasteiger partial charge in [-0.05, 0) is 24.1 Å². The number of likely N-dealkylation sites (tertiary alicyclic amines) is 2. The maximum absolute atomic E-state index is 12.3. The second-order valence-electron chi connectivity index (χ2n) is 7.68. The van der Waals surface area contributed by atoms with Crippen LogP contribution in [0.1, 0.15) is 12.5 Å². The summed E-state index contributed by atoms with van der Waals surface area (Å²) in [5, 5.41) is 12.7. The van der Waals surface area contributed by atoms with E-state index in [-0.39, 0.29) is 30.8 Å². The summed E-state index contributed by atoms with van der Waals surface area (Å²) in [6.07, 6.45) is 0.713. The molecule has 0 aliphatic carbocycles. The quantitative estimate of drug-likeness (QED) is 0.692. The van der Waals surface area contributed by atoms with Crippen molar-refractivity contribution in [3.8, 4) is 5.75 Å². The van der Waals surface area contributed by atoms with Crippen LogP contribution in [0, 0.1) is 11.3 Å². The topological polar surface area (TPSA) is 99.2 Å². The highest BCUT2D eigenvalue weighted by molar-refractivity contribution is 5.81. The average Bonchev–Trinajstić information content (AvgIpc) is 3.17. The summed E-state index contributed by atoms with van der Waals surface area (Å²) in [7, 11) is 1.62. The van der Waals surface area contributed by atoms with Gasteiger partial charge in [-0.1, -0.05) is 12.1 Å². The summed E-state index contributed by atoms with van der Waals surface area (Å²) in [6.45, 7) is 3.63. The Morgan fingerprint density at radius 2 is 1.93 bits per heavy atom. The van der Waals surface area contributed by atoms with Crippen LogP contribution in [-0.4, -0.2) is 79.1 Å². The predicted octanol–water partition coefficient (Wildman–Crippen LogP) is 0.219. The molecule has 0 unspecified atom stereocenters. The van der Waals surface area contributed by atoms with Crippen molar-refractivity contribution in [2.24, 2.45) is 11.3 Å². The number of methoxy groups -OCH3 is 1. The van der Waals surface area contributed by atoms with Crippen molar-refractivity contribution in [2.45, 2.75) is 13.3 Å². The third kappa shape index (κ3) is 4.11. The van der Waals surface area contributed by atoms with Crippen LogP contribution in [-0.2, 0) is 20.8 Å². The Morgan fingerprint density at radius 3 is 2.50 bits per heavy atom. The molecule has 3 rings (SSSR count). The number of ether oxygens (including phenoxy) is 1. The van der Waals surface area contributed by atoms with Gasteiger partial charge in [-0.2, -0.15) is 0 Å². The van der Waals surface area contributed by atoms with Gasteiger partial charge in [0.1, 0.15) is 11.2 Å². The summed E-state index contributed by atoms with van der Waals surface area (Å²) >= 11 is 0. The van der Waals surface area contributed by atoms with E-state index in [2.05, 4.69) is 5.32 Å². The van der Waals surface area contributed by atoms with Crippen LogP contribution in [0.4, 0.5) is 0 Å². The molecule has 0 saturated carbocycles. The standard InChI is InChI=1S/C20H27N3O5/c1-14(24)23-10-16-9-22(12-20(16,13-23)19(26)27)11-18(25)21-8-7-15-3-5-17(28-2)6-4-15/h3-6,16H,7-13H2,1-2H3,(H,21,25)(H,26,27)/t16-,20-/m1/s1. The number of amides is 2. The minimum atomic E-state index is -0.963. The van der Waals surface area contributed by atoms with E-state index in [0.717, 1.165) is 11.3 Å². The zero-order valence-electron chi connectivity index (χ0n) is 16.3. The lowest BCUT2D eigenvalue weighted by Crippen LogP contribution is -2.43. The van der Waals surface area contributed by atoms with Gasteiger partial charge in [0, 0.05) is 45.6 Å². The molecular formula is C20H27N3O5. The average molecular weight is 389 g/mol. The van der Waals surface area contributed by atoms with Gasteiger partial charge >= 0.3 is 5.97 Å². The molecule has 2 atom stereocenters. The number of nitrogens with zero attached hydrogens (tertiary/aromatic N) is 2. The molecule has 2 fully saturated rings.